The highest BCUT2D eigenvalue weighted by molar-refractivity contribution is 5.90. The lowest BCUT2D eigenvalue weighted by Crippen LogP contribution is -2.05. The van der Waals surface area contributed by atoms with Crippen LogP contribution in [0.4, 0.5) is 5.69 Å². The Morgan fingerprint density at radius 3 is 2.48 bits per heavy atom. The molecule has 0 unspecified atom stereocenters. The van der Waals surface area contributed by atoms with Crippen LogP contribution in [0.25, 0.3) is 4.85 Å². The Balaban J connectivity index is 2.09. The zero-order chi connectivity index (χ0) is 16.7. The number of carbonyl (C=O) groups excluding carboxylic acids is 1. The lowest BCUT2D eigenvalue weighted by atomic mass is 10.2. The van der Waals surface area contributed by atoms with E-state index in [0.717, 1.165) is 5.56 Å². The van der Waals surface area contributed by atoms with Gasteiger partial charge in [-0.05, 0) is 30.7 Å². The van der Waals surface area contributed by atoms with Crippen LogP contribution in [-0.2, 0) is 11.3 Å². The maximum Gasteiger partial charge on any atom is 0.338 e. The van der Waals surface area contributed by atoms with E-state index in [-0.39, 0.29) is 0 Å². The van der Waals surface area contributed by atoms with Gasteiger partial charge in [0.05, 0.1) is 25.9 Å². The van der Waals surface area contributed by atoms with Crippen LogP contribution in [0.15, 0.2) is 42.5 Å². The number of benzene rings is 2. The predicted molar refractivity (Wildman–Crippen MR) is 86.0 cm³/mol. The van der Waals surface area contributed by atoms with Crippen molar-refractivity contribution < 1.29 is 19.0 Å². The quantitative estimate of drug-likeness (QED) is 0.597. The minimum Gasteiger partial charge on any atom is -0.493 e. The first-order valence-corrected chi connectivity index (χ1v) is 7.12. The largest absolute Gasteiger partial charge is 0.493 e. The molecule has 0 N–H and O–H groups in total. The molecule has 0 fully saturated rings. The van der Waals surface area contributed by atoms with Crippen molar-refractivity contribution in [2.75, 3.05) is 13.7 Å². The molecule has 0 atom stereocenters. The first-order chi connectivity index (χ1) is 11.2. The van der Waals surface area contributed by atoms with Gasteiger partial charge in [-0.2, -0.15) is 0 Å². The number of esters is 1. The Bertz CT molecular complexity index is 717. The van der Waals surface area contributed by atoms with Gasteiger partial charge in [-0.15, -0.1) is 0 Å². The number of hydrogen-bond donors (Lipinski definition) is 0. The standard InChI is InChI=1S/C18H17NO4/c1-4-22-18(20)14-7-10-16(17(11-14)21-3)23-12-13-5-8-15(19-2)9-6-13/h5-11H,4,12H2,1,3H3. The van der Waals surface area contributed by atoms with Crippen molar-refractivity contribution in [2.45, 2.75) is 13.5 Å². The van der Waals surface area contributed by atoms with Gasteiger partial charge >= 0.3 is 5.97 Å². The summed E-state index contributed by atoms with van der Waals surface area (Å²) >= 11 is 0. The summed E-state index contributed by atoms with van der Waals surface area (Å²) in [7, 11) is 1.52. The molecule has 0 spiro atoms. The Labute approximate surface area is 135 Å². The Morgan fingerprint density at radius 2 is 1.87 bits per heavy atom. The molecule has 118 valence electrons. The molecule has 2 rings (SSSR count). The lowest BCUT2D eigenvalue weighted by molar-refractivity contribution is 0.0526. The molecule has 2 aromatic rings. The van der Waals surface area contributed by atoms with Gasteiger partial charge in [0.15, 0.2) is 17.2 Å². The third-order valence-corrected chi connectivity index (χ3v) is 3.13. The molecule has 0 radical (unpaired) electrons. The number of rotatable bonds is 6. The topological polar surface area (TPSA) is 49.1 Å². The van der Waals surface area contributed by atoms with Crippen molar-refractivity contribution in [3.05, 3.63) is 65.0 Å². The molecule has 0 aliphatic rings. The Hall–Kier alpha value is -3.00. The van der Waals surface area contributed by atoms with Crippen LogP contribution in [-0.4, -0.2) is 19.7 Å². The SMILES string of the molecule is [C-]#[N+]c1ccc(COc2ccc(C(=O)OCC)cc2OC)cc1. The van der Waals surface area contributed by atoms with Crippen LogP contribution in [0.1, 0.15) is 22.8 Å². The van der Waals surface area contributed by atoms with Crippen molar-refractivity contribution >= 4 is 11.7 Å². The third-order valence-electron chi connectivity index (χ3n) is 3.13. The number of nitrogens with zero attached hydrogens (tertiary/aromatic N) is 1. The van der Waals surface area contributed by atoms with Crippen molar-refractivity contribution in [2.24, 2.45) is 0 Å². The number of carbonyl (C=O) groups is 1. The number of methoxy groups -OCH3 is 1. The lowest BCUT2D eigenvalue weighted by Gasteiger charge is -2.12. The van der Waals surface area contributed by atoms with E-state index >= 15 is 0 Å². The fourth-order valence-electron chi connectivity index (χ4n) is 1.96. The average molecular weight is 311 g/mol. The number of hydrogen-bond acceptors (Lipinski definition) is 4. The maximum atomic E-state index is 11.7. The van der Waals surface area contributed by atoms with E-state index in [1.54, 1.807) is 37.3 Å². The van der Waals surface area contributed by atoms with E-state index in [1.807, 2.05) is 12.1 Å². The highest BCUT2D eigenvalue weighted by Gasteiger charge is 2.12. The number of ether oxygens (including phenoxy) is 3. The summed E-state index contributed by atoms with van der Waals surface area (Å²) < 4.78 is 16.0. The van der Waals surface area contributed by atoms with Crippen molar-refractivity contribution in [3.8, 4) is 11.5 Å². The van der Waals surface area contributed by atoms with Crippen molar-refractivity contribution in [1.82, 2.24) is 0 Å². The molecule has 0 saturated heterocycles. The third kappa shape index (κ3) is 4.24. The van der Waals surface area contributed by atoms with Crippen LogP contribution in [0.5, 0.6) is 11.5 Å². The second-order valence-electron chi connectivity index (χ2n) is 4.65. The molecule has 0 heterocycles. The summed E-state index contributed by atoms with van der Waals surface area (Å²) in [5.41, 5.74) is 1.94. The average Bonchev–Trinajstić information content (AvgIpc) is 2.60. The van der Waals surface area contributed by atoms with Crippen LogP contribution >= 0.6 is 0 Å². The molecule has 5 nitrogen and oxygen atoms in total. The zero-order valence-electron chi connectivity index (χ0n) is 13.0. The second-order valence-corrected chi connectivity index (χ2v) is 4.65. The van der Waals surface area contributed by atoms with Gasteiger partial charge in [0, 0.05) is 0 Å². The molecule has 0 aliphatic carbocycles. The van der Waals surface area contributed by atoms with Gasteiger partial charge in [-0.25, -0.2) is 9.64 Å². The first-order valence-electron chi connectivity index (χ1n) is 7.12. The van der Waals surface area contributed by atoms with Crippen LogP contribution < -0.4 is 9.47 Å². The first kappa shape index (κ1) is 16.4. The van der Waals surface area contributed by atoms with Gasteiger partial charge in [0.25, 0.3) is 0 Å². The minimum absolute atomic E-state index is 0.319. The van der Waals surface area contributed by atoms with E-state index < -0.39 is 5.97 Å². The monoisotopic (exact) mass is 311 g/mol. The molecule has 5 heteroatoms. The van der Waals surface area contributed by atoms with Gasteiger partial charge in [-0.3, -0.25) is 0 Å². The molecule has 2 aromatic carbocycles. The van der Waals surface area contributed by atoms with E-state index in [1.165, 1.54) is 7.11 Å². The van der Waals surface area contributed by atoms with Crippen molar-refractivity contribution in [3.63, 3.8) is 0 Å². The molecule has 0 saturated carbocycles. The maximum absolute atomic E-state index is 11.7. The summed E-state index contributed by atoms with van der Waals surface area (Å²) in [6.45, 7) is 9.34. The Morgan fingerprint density at radius 1 is 1.13 bits per heavy atom. The van der Waals surface area contributed by atoms with Crippen LogP contribution in [0.2, 0.25) is 0 Å². The molecular formula is C18H17NO4. The molecule has 0 bridgehead atoms. The second kappa shape index (κ2) is 7.85. The molecule has 0 aliphatic heterocycles. The van der Waals surface area contributed by atoms with Gasteiger partial charge in [0.2, 0.25) is 0 Å². The van der Waals surface area contributed by atoms with E-state index in [9.17, 15) is 4.79 Å². The smallest absolute Gasteiger partial charge is 0.338 e. The molecule has 23 heavy (non-hydrogen) atoms. The molecule has 0 aromatic heterocycles. The van der Waals surface area contributed by atoms with E-state index in [0.29, 0.717) is 36.0 Å². The summed E-state index contributed by atoms with van der Waals surface area (Å²) in [6, 6.07) is 12.1. The normalized spacial score (nSPS) is 9.78. The minimum atomic E-state index is -0.396. The fraction of sp³-hybridized carbons (Fsp3) is 0.222. The summed E-state index contributed by atoms with van der Waals surface area (Å²) in [5.74, 6) is 0.607. The molecular weight excluding hydrogens is 294 g/mol. The summed E-state index contributed by atoms with van der Waals surface area (Å²) in [4.78, 5) is 15.1. The van der Waals surface area contributed by atoms with Gasteiger partial charge in [0.1, 0.15) is 6.61 Å². The summed E-state index contributed by atoms with van der Waals surface area (Å²) in [6.07, 6.45) is 0. The predicted octanol–water partition coefficient (Wildman–Crippen LogP) is 4.00. The van der Waals surface area contributed by atoms with E-state index in [2.05, 4.69) is 4.85 Å². The van der Waals surface area contributed by atoms with Gasteiger partial charge < -0.3 is 14.2 Å². The Kier molecular flexibility index (Phi) is 5.59. The zero-order valence-corrected chi connectivity index (χ0v) is 13.0. The van der Waals surface area contributed by atoms with Crippen LogP contribution in [0.3, 0.4) is 0 Å². The van der Waals surface area contributed by atoms with Crippen LogP contribution in [0, 0.1) is 6.57 Å². The van der Waals surface area contributed by atoms with Crippen molar-refractivity contribution in [1.29, 1.82) is 0 Å². The van der Waals surface area contributed by atoms with E-state index in [4.69, 9.17) is 20.8 Å². The summed E-state index contributed by atoms with van der Waals surface area (Å²) in [5, 5.41) is 0. The van der Waals surface area contributed by atoms with Gasteiger partial charge in [-0.1, -0.05) is 24.3 Å². The fourth-order valence-corrected chi connectivity index (χ4v) is 1.96. The molecule has 0 amide bonds. The highest BCUT2D eigenvalue weighted by atomic mass is 16.5. The highest BCUT2D eigenvalue weighted by Crippen LogP contribution is 2.29.